The van der Waals surface area contributed by atoms with Crippen LogP contribution < -0.4 is 26.6 Å². The highest BCUT2D eigenvalue weighted by molar-refractivity contribution is 5.93. The van der Waals surface area contributed by atoms with Gasteiger partial charge < -0.3 is 31.3 Å². The molecule has 3 rings (SSSR count). The Hall–Kier alpha value is -4.74. The van der Waals surface area contributed by atoms with E-state index in [0.29, 0.717) is 24.9 Å². The number of halogens is 1. The van der Waals surface area contributed by atoms with Crippen LogP contribution in [0.5, 0.6) is 0 Å². The quantitative estimate of drug-likeness (QED) is 0.256. The molecule has 2 aromatic carbocycles. The molecule has 1 heterocycles. The number of nitrogens with one attached hydrogen (secondary N) is 5. The summed E-state index contributed by atoms with van der Waals surface area (Å²) in [5.74, 6) is -2.78. The van der Waals surface area contributed by atoms with E-state index in [9.17, 15) is 28.4 Å². The van der Waals surface area contributed by atoms with Crippen LogP contribution in [0.3, 0.4) is 0 Å². The molecule has 12 heteroatoms. The summed E-state index contributed by atoms with van der Waals surface area (Å²) >= 11 is 0. The monoisotopic (exact) mass is 623 g/mol. The molecule has 0 spiro atoms. The lowest BCUT2D eigenvalue weighted by Crippen LogP contribution is -2.58. The molecule has 242 valence electrons. The maximum Gasteiger partial charge on any atom is 0.328 e. The van der Waals surface area contributed by atoms with Crippen LogP contribution in [0.25, 0.3) is 0 Å². The summed E-state index contributed by atoms with van der Waals surface area (Å²) < 4.78 is 19.2. The molecule has 5 amide bonds. The van der Waals surface area contributed by atoms with Crippen molar-refractivity contribution in [3.05, 3.63) is 83.7 Å². The summed E-state index contributed by atoms with van der Waals surface area (Å²) in [5, 5.41) is 13.6. The molecule has 0 bridgehead atoms. The summed E-state index contributed by atoms with van der Waals surface area (Å²) in [6.07, 6.45) is 4.32. The lowest BCUT2D eigenvalue weighted by molar-refractivity contribution is -0.144. The minimum atomic E-state index is -1.10. The van der Waals surface area contributed by atoms with Gasteiger partial charge in [0.25, 0.3) is 0 Å². The molecular weight excluding hydrogens is 581 g/mol. The van der Waals surface area contributed by atoms with Crippen LogP contribution in [-0.2, 0) is 36.8 Å². The van der Waals surface area contributed by atoms with Crippen LogP contribution in [0.4, 0.5) is 9.18 Å². The Bertz CT molecular complexity index is 1350. The largest absolute Gasteiger partial charge is 0.467 e. The Labute approximate surface area is 262 Å². The zero-order valence-electron chi connectivity index (χ0n) is 25.8. The van der Waals surface area contributed by atoms with E-state index in [1.54, 1.807) is 44.2 Å². The molecular formula is C33H42FN5O6. The summed E-state index contributed by atoms with van der Waals surface area (Å²) in [6.45, 7) is 3.87. The minimum Gasteiger partial charge on any atom is -0.467 e. The van der Waals surface area contributed by atoms with Crippen LogP contribution in [0.1, 0.15) is 44.2 Å². The molecule has 1 aliphatic rings. The molecule has 5 N–H and O–H groups in total. The Morgan fingerprint density at radius 2 is 1.71 bits per heavy atom. The second kappa shape index (κ2) is 17.5. The number of hydrogen-bond acceptors (Lipinski definition) is 6. The van der Waals surface area contributed by atoms with Crippen molar-refractivity contribution in [1.29, 1.82) is 0 Å². The van der Waals surface area contributed by atoms with Gasteiger partial charge in [0.05, 0.1) is 13.2 Å². The SMILES string of the molecule is COC(=O)C(NC(=O)NC(Cc1ccccc1)C(=O)N[C@H]1CCCCNC(=O)/C=C/[C@H](Cc2ccccc2F)NC1=O)C(C)C. The van der Waals surface area contributed by atoms with Gasteiger partial charge in [-0.1, -0.05) is 68.5 Å². The molecule has 0 aliphatic carbocycles. The fraction of sp³-hybridized carbons (Fsp3) is 0.424. The number of methoxy groups -OCH3 is 1. The zero-order valence-corrected chi connectivity index (χ0v) is 25.8. The first-order valence-electron chi connectivity index (χ1n) is 15.1. The minimum absolute atomic E-state index is 0.0818. The Kier molecular flexibility index (Phi) is 13.5. The number of rotatable bonds is 10. The number of hydrogen-bond donors (Lipinski definition) is 5. The van der Waals surface area contributed by atoms with Gasteiger partial charge in [0.15, 0.2) is 0 Å². The first-order chi connectivity index (χ1) is 21.6. The van der Waals surface area contributed by atoms with E-state index in [1.807, 2.05) is 18.2 Å². The van der Waals surface area contributed by atoms with Crippen LogP contribution in [0.2, 0.25) is 0 Å². The van der Waals surface area contributed by atoms with Crippen LogP contribution in [-0.4, -0.2) is 67.5 Å². The lowest BCUT2D eigenvalue weighted by Gasteiger charge is -2.26. The van der Waals surface area contributed by atoms with Gasteiger partial charge in [-0.3, -0.25) is 14.4 Å². The van der Waals surface area contributed by atoms with Crippen molar-refractivity contribution >= 4 is 29.7 Å². The van der Waals surface area contributed by atoms with E-state index >= 15 is 0 Å². The third-order valence-corrected chi connectivity index (χ3v) is 7.37. The van der Waals surface area contributed by atoms with Gasteiger partial charge in [0, 0.05) is 19.0 Å². The van der Waals surface area contributed by atoms with Gasteiger partial charge in [0.1, 0.15) is 23.9 Å². The molecule has 0 radical (unpaired) electrons. The Morgan fingerprint density at radius 3 is 2.40 bits per heavy atom. The van der Waals surface area contributed by atoms with Crippen molar-refractivity contribution in [3.8, 4) is 0 Å². The van der Waals surface area contributed by atoms with Crippen molar-refractivity contribution in [2.24, 2.45) is 5.92 Å². The topological polar surface area (TPSA) is 155 Å². The second-order valence-corrected chi connectivity index (χ2v) is 11.2. The highest BCUT2D eigenvalue weighted by Crippen LogP contribution is 2.12. The van der Waals surface area contributed by atoms with E-state index in [1.165, 1.54) is 25.3 Å². The van der Waals surface area contributed by atoms with Crippen molar-refractivity contribution in [2.45, 2.75) is 70.1 Å². The van der Waals surface area contributed by atoms with Gasteiger partial charge in [0.2, 0.25) is 17.7 Å². The molecule has 0 saturated carbocycles. The summed E-state index contributed by atoms with van der Waals surface area (Å²) in [7, 11) is 1.22. The molecule has 4 atom stereocenters. The van der Waals surface area contributed by atoms with E-state index in [-0.39, 0.29) is 31.1 Å². The van der Waals surface area contributed by atoms with Crippen molar-refractivity contribution in [2.75, 3.05) is 13.7 Å². The molecule has 11 nitrogen and oxygen atoms in total. The van der Waals surface area contributed by atoms with Crippen LogP contribution >= 0.6 is 0 Å². The van der Waals surface area contributed by atoms with Gasteiger partial charge in [-0.2, -0.15) is 0 Å². The van der Waals surface area contributed by atoms with Crippen molar-refractivity contribution < 1.29 is 33.1 Å². The average Bonchev–Trinajstić information content (AvgIpc) is 3.01. The fourth-order valence-electron chi connectivity index (χ4n) is 4.86. The standard InChI is InChI=1S/C33H42FN5O6/c1-21(2)29(32(43)45-3)39-33(44)38-27(19-22-11-5-4-6-12-22)31(42)37-26-15-9-10-18-35-28(40)17-16-24(36-30(26)41)20-23-13-7-8-14-25(23)34/h4-8,11-14,16-17,21,24,26-27,29H,9-10,15,18-20H2,1-3H3,(H,35,40)(H,36,41)(H,37,42)(H2,38,39,44)/b17-16+/t24-,26+,27?,29?/m1/s1. The Balaban J connectivity index is 1.81. The van der Waals surface area contributed by atoms with E-state index in [0.717, 1.165) is 5.56 Å². The van der Waals surface area contributed by atoms with Gasteiger partial charge in [-0.15, -0.1) is 0 Å². The number of ether oxygens (including phenoxy) is 1. The predicted molar refractivity (Wildman–Crippen MR) is 166 cm³/mol. The molecule has 2 aromatic rings. The average molecular weight is 624 g/mol. The van der Waals surface area contributed by atoms with Gasteiger partial charge >= 0.3 is 12.0 Å². The fourth-order valence-corrected chi connectivity index (χ4v) is 4.86. The third kappa shape index (κ3) is 11.4. The second-order valence-electron chi connectivity index (χ2n) is 11.2. The number of carbonyl (C=O) groups is 5. The first-order valence-corrected chi connectivity index (χ1v) is 15.1. The van der Waals surface area contributed by atoms with E-state index in [2.05, 4.69) is 26.6 Å². The summed E-state index contributed by atoms with van der Waals surface area (Å²) in [6, 6.07) is 10.7. The first kappa shape index (κ1) is 34.7. The predicted octanol–water partition coefficient (Wildman–Crippen LogP) is 2.30. The highest BCUT2D eigenvalue weighted by atomic mass is 19.1. The number of urea groups is 1. The van der Waals surface area contributed by atoms with Crippen LogP contribution in [0.15, 0.2) is 66.7 Å². The molecule has 2 unspecified atom stereocenters. The molecule has 1 aliphatic heterocycles. The zero-order chi connectivity index (χ0) is 32.8. The number of benzene rings is 2. The summed E-state index contributed by atoms with van der Waals surface area (Å²) in [4.78, 5) is 64.7. The smallest absolute Gasteiger partial charge is 0.328 e. The number of esters is 1. The van der Waals surface area contributed by atoms with Gasteiger partial charge in [-0.25, -0.2) is 14.0 Å². The number of amides is 5. The van der Waals surface area contributed by atoms with E-state index in [4.69, 9.17) is 4.74 Å². The molecule has 0 saturated heterocycles. The van der Waals surface area contributed by atoms with Crippen molar-refractivity contribution in [1.82, 2.24) is 26.6 Å². The molecule has 45 heavy (non-hydrogen) atoms. The van der Waals surface area contributed by atoms with Crippen molar-refractivity contribution in [3.63, 3.8) is 0 Å². The van der Waals surface area contributed by atoms with Gasteiger partial charge in [-0.05, 0) is 48.8 Å². The lowest BCUT2D eigenvalue weighted by atomic mass is 10.0. The molecule has 0 aromatic heterocycles. The normalized spacial score (nSPS) is 19.4. The summed E-state index contributed by atoms with van der Waals surface area (Å²) in [5.41, 5.74) is 1.12. The van der Waals surface area contributed by atoms with Crippen LogP contribution in [0, 0.1) is 11.7 Å². The molecule has 0 fully saturated rings. The maximum atomic E-state index is 14.4. The van der Waals surface area contributed by atoms with E-state index < -0.39 is 53.8 Å². The maximum absolute atomic E-state index is 14.4. The number of carbonyl (C=O) groups excluding carboxylic acids is 5. The Morgan fingerprint density at radius 1 is 1.00 bits per heavy atom. The highest BCUT2D eigenvalue weighted by Gasteiger charge is 2.30. The third-order valence-electron chi connectivity index (χ3n) is 7.37.